The standard InChI is InChI=1S/C19H21N3O4/c1-24-15-7-5-14(6-8-15)18-17(12-21-22-18)19(23)20-9-3-10-25-13-16-4-2-11-26-16/h2,4-8,11-12H,3,9-10,13H2,1H3,(H,20,23)(H,21,22). The number of nitrogens with zero attached hydrogens (tertiary/aromatic N) is 1. The monoisotopic (exact) mass is 355 g/mol. The summed E-state index contributed by atoms with van der Waals surface area (Å²) in [6.07, 6.45) is 3.86. The van der Waals surface area contributed by atoms with Crippen LogP contribution in [0, 0.1) is 0 Å². The fourth-order valence-corrected chi connectivity index (χ4v) is 2.47. The lowest BCUT2D eigenvalue weighted by molar-refractivity contribution is 0.0917. The van der Waals surface area contributed by atoms with Gasteiger partial charge in [-0.15, -0.1) is 0 Å². The van der Waals surface area contributed by atoms with Gasteiger partial charge in [0.15, 0.2) is 0 Å². The van der Waals surface area contributed by atoms with Crippen molar-refractivity contribution in [2.24, 2.45) is 0 Å². The number of ether oxygens (including phenoxy) is 2. The number of benzene rings is 1. The molecule has 1 aromatic carbocycles. The number of amides is 1. The molecule has 3 aromatic rings. The van der Waals surface area contributed by atoms with Crippen molar-refractivity contribution in [3.05, 3.63) is 60.2 Å². The van der Waals surface area contributed by atoms with Gasteiger partial charge < -0.3 is 19.2 Å². The molecule has 136 valence electrons. The summed E-state index contributed by atoms with van der Waals surface area (Å²) in [5, 5.41) is 9.76. The van der Waals surface area contributed by atoms with Crippen molar-refractivity contribution < 1.29 is 18.7 Å². The molecule has 26 heavy (non-hydrogen) atoms. The molecule has 0 bridgehead atoms. The number of methoxy groups -OCH3 is 1. The number of H-pyrrole nitrogens is 1. The molecule has 7 heteroatoms. The lowest BCUT2D eigenvalue weighted by Crippen LogP contribution is -2.25. The largest absolute Gasteiger partial charge is 0.497 e. The van der Waals surface area contributed by atoms with Crippen LogP contribution in [0.25, 0.3) is 11.3 Å². The number of aromatic nitrogens is 2. The summed E-state index contributed by atoms with van der Waals surface area (Å²) in [5.41, 5.74) is 2.06. The Hall–Kier alpha value is -3.06. The molecule has 2 N–H and O–H groups in total. The summed E-state index contributed by atoms with van der Waals surface area (Å²) in [5.74, 6) is 1.38. The normalized spacial score (nSPS) is 10.7. The number of nitrogens with one attached hydrogen (secondary N) is 2. The number of rotatable bonds is 9. The summed E-state index contributed by atoms with van der Waals surface area (Å²) in [4.78, 5) is 12.4. The Morgan fingerprint density at radius 3 is 2.85 bits per heavy atom. The Morgan fingerprint density at radius 1 is 1.27 bits per heavy atom. The van der Waals surface area contributed by atoms with Gasteiger partial charge in [-0.2, -0.15) is 5.10 Å². The molecule has 2 heterocycles. The van der Waals surface area contributed by atoms with E-state index in [1.54, 1.807) is 13.4 Å². The van der Waals surface area contributed by atoms with Gasteiger partial charge in [-0.25, -0.2) is 0 Å². The second-order valence-electron chi connectivity index (χ2n) is 5.63. The van der Waals surface area contributed by atoms with Crippen LogP contribution in [0.15, 0.2) is 53.3 Å². The van der Waals surface area contributed by atoms with E-state index < -0.39 is 0 Å². The van der Waals surface area contributed by atoms with Gasteiger partial charge in [-0.3, -0.25) is 9.89 Å². The minimum absolute atomic E-state index is 0.171. The van der Waals surface area contributed by atoms with Crippen LogP contribution in [0.2, 0.25) is 0 Å². The van der Waals surface area contributed by atoms with E-state index in [0.29, 0.717) is 37.4 Å². The molecule has 0 fully saturated rings. The maximum atomic E-state index is 12.4. The van der Waals surface area contributed by atoms with Gasteiger partial charge in [0, 0.05) is 18.7 Å². The summed E-state index contributed by atoms with van der Waals surface area (Å²) < 4.78 is 15.8. The van der Waals surface area contributed by atoms with Gasteiger partial charge >= 0.3 is 0 Å². The van der Waals surface area contributed by atoms with Crippen LogP contribution in [0.4, 0.5) is 0 Å². The fourth-order valence-electron chi connectivity index (χ4n) is 2.47. The summed E-state index contributed by atoms with van der Waals surface area (Å²) in [6.45, 7) is 1.49. The third-order valence-corrected chi connectivity index (χ3v) is 3.84. The highest BCUT2D eigenvalue weighted by Gasteiger charge is 2.14. The topological polar surface area (TPSA) is 89.4 Å². The number of aromatic amines is 1. The number of carbonyl (C=O) groups excluding carboxylic acids is 1. The van der Waals surface area contributed by atoms with Gasteiger partial charge in [0.05, 0.1) is 30.8 Å². The van der Waals surface area contributed by atoms with Crippen LogP contribution >= 0.6 is 0 Å². The average Bonchev–Trinajstić information content (AvgIpc) is 3.36. The molecule has 0 aliphatic heterocycles. The molecule has 7 nitrogen and oxygen atoms in total. The number of hydrogen-bond donors (Lipinski definition) is 2. The third kappa shape index (κ3) is 4.52. The lowest BCUT2D eigenvalue weighted by Gasteiger charge is -2.07. The Labute approximate surface area is 151 Å². The highest BCUT2D eigenvalue weighted by molar-refractivity contribution is 5.99. The highest BCUT2D eigenvalue weighted by Crippen LogP contribution is 2.23. The lowest BCUT2D eigenvalue weighted by atomic mass is 10.1. The molecule has 0 unspecified atom stereocenters. The van der Waals surface area contributed by atoms with E-state index in [0.717, 1.165) is 17.1 Å². The zero-order valence-corrected chi connectivity index (χ0v) is 14.5. The highest BCUT2D eigenvalue weighted by atomic mass is 16.5. The molecule has 0 spiro atoms. The Bertz CT molecular complexity index is 810. The second kappa shape index (κ2) is 8.87. The Balaban J connectivity index is 1.47. The maximum Gasteiger partial charge on any atom is 0.255 e. The first kappa shape index (κ1) is 17.8. The molecule has 0 aliphatic rings. The van der Waals surface area contributed by atoms with E-state index >= 15 is 0 Å². The quantitative estimate of drug-likeness (QED) is 0.576. The van der Waals surface area contributed by atoms with E-state index in [1.165, 1.54) is 6.20 Å². The van der Waals surface area contributed by atoms with Crippen LogP contribution in [0.5, 0.6) is 5.75 Å². The van der Waals surface area contributed by atoms with E-state index in [1.807, 2.05) is 36.4 Å². The predicted octanol–water partition coefficient (Wildman–Crippen LogP) is 3.02. The van der Waals surface area contributed by atoms with Crippen LogP contribution in [-0.2, 0) is 11.3 Å². The molecule has 0 radical (unpaired) electrons. The zero-order chi connectivity index (χ0) is 18.2. The van der Waals surface area contributed by atoms with Gasteiger partial charge in [-0.1, -0.05) is 0 Å². The maximum absolute atomic E-state index is 12.4. The molecular formula is C19H21N3O4. The van der Waals surface area contributed by atoms with Gasteiger partial charge in [0.25, 0.3) is 5.91 Å². The van der Waals surface area contributed by atoms with Crippen molar-refractivity contribution in [1.29, 1.82) is 0 Å². The molecule has 2 aromatic heterocycles. The molecular weight excluding hydrogens is 334 g/mol. The smallest absolute Gasteiger partial charge is 0.255 e. The van der Waals surface area contributed by atoms with Crippen molar-refractivity contribution in [3.8, 4) is 17.0 Å². The van der Waals surface area contributed by atoms with Gasteiger partial charge in [0.1, 0.15) is 18.1 Å². The van der Waals surface area contributed by atoms with Crippen molar-refractivity contribution in [2.45, 2.75) is 13.0 Å². The van der Waals surface area contributed by atoms with Gasteiger partial charge in [0.2, 0.25) is 0 Å². The summed E-state index contributed by atoms with van der Waals surface area (Å²) in [7, 11) is 1.61. The average molecular weight is 355 g/mol. The minimum atomic E-state index is -0.171. The summed E-state index contributed by atoms with van der Waals surface area (Å²) in [6, 6.07) is 11.1. The molecule has 0 saturated carbocycles. The fraction of sp³-hybridized carbons (Fsp3) is 0.263. The van der Waals surface area contributed by atoms with Crippen molar-refractivity contribution in [2.75, 3.05) is 20.3 Å². The van der Waals surface area contributed by atoms with Crippen LogP contribution in [0.1, 0.15) is 22.5 Å². The number of furan rings is 1. The first-order valence-corrected chi connectivity index (χ1v) is 8.34. The number of carbonyl (C=O) groups is 1. The molecule has 0 aliphatic carbocycles. The van der Waals surface area contributed by atoms with Gasteiger partial charge in [-0.05, 0) is 42.8 Å². The Morgan fingerprint density at radius 2 is 2.12 bits per heavy atom. The van der Waals surface area contributed by atoms with Crippen LogP contribution in [0.3, 0.4) is 0 Å². The molecule has 1 amide bonds. The van der Waals surface area contributed by atoms with E-state index in [9.17, 15) is 4.79 Å². The van der Waals surface area contributed by atoms with Crippen molar-refractivity contribution in [3.63, 3.8) is 0 Å². The molecule has 0 atom stereocenters. The Kier molecular flexibility index (Phi) is 6.05. The molecule has 0 saturated heterocycles. The van der Waals surface area contributed by atoms with Crippen LogP contribution < -0.4 is 10.1 Å². The van der Waals surface area contributed by atoms with E-state index in [-0.39, 0.29) is 5.91 Å². The van der Waals surface area contributed by atoms with Crippen molar-refractivity contribution >= 4 is 5.91 Å². The second-order valence-corrected chi connectivity index (χ2v) is 5.63. The summed E-state index contributed by atoms with van der Waals surface area (Å²) >= 11 is 0. The zero-order valence-electron chi connectivity index (χ0n) is 14.5. The van der Waals surface area contributed by atoms with Crippen molar-refractivity contribution in [1.82, 2.24) is 15.5 Å². The molecule has 3 rings (SSSR count). The first-order chi connectivity index (χ1) is 12.8. The predicted molar refractivity (Wildman–Crippen MR) is 95.9 cm³/mol. The van der Waals surface area contributed by atoms with E-state index in [4.69, 9.17) is 13.9 Å². The third-order valence-electron chi connectivity index (χ3n) is 3.84. The SMILES string of the molecule is COc1ccc(-c2[nH]ncc2C(=O)NCCCOCc2ccco2)cc1. The number of hydrogen-bond acceptors (Lipinski definition) is 5. The van der Waals surface area contributed by atoms with Crippen LogP contribution in [-0.4, -0.2) is 36.4 Å². The first-order valence-electron chi connectivity index (χ1n) is 8.34. The minimum Gasteiger partial charge on any atom is -0.497 e. The van der Waals surface area contributed by atoms with E-state index in [2.05, 4.69) is 15.5 Å².